The van der Waals surface area contributed by atoms with Gasteiger partial charge in [0.15, 0.2) is 0 Å². The van der Waals surface area contributed by atoms with Crippen LogP contribution in [0, 0.1) is 6.92 Å². The lowest BCUT2D eigenvalue weighted by Gasteiger charge is -2.21. The van der Waals surface area contributed by atoms with Crippen LogP contribution in [0.25, 0.3) is 0 Å². The highest BCUT2D eigenvalue weighted by molar-refractivity contribution is 7.92. The van der Waals surface area contributed by atoms with Gasteiger partial charge in [0, 0.05) is 0 Å². The Hall–Kier alpha value is -2.01. The van der Waals surface area contributed by atoms with Crippen molar-refractivity contribution in [2.75, 3.05) is 11.8 Å². The van der Waals surface area contributed by atoms with Crippen molar-refractivity contribution in [3.05, 3.63) is 53.6 Å². The minimum absolute atomic E-state index is 0.0187. The molecular formula is C18H23NO3S. The number of aryl methyl sites for hydroxylation is 1. The molecule has 0 amide bonds. The first-order chi connectivity index (χ1) is 10.6. The molecule has 0 aliphatic heterocycles. The number of benzene rings is 2. The van der Waals surface area contributed by atoms with Gasteiger partial charge in [-0.1, -0.05) is 45.0 Å². The van der Waals surface area contributed by atoms with Gasteiger partial charge in [-0.25, -0.2) is 8.42 Å². The van der Waals surface area contributed by atoms with E-state index >= 15 is 0 Å². The van der Waals surface area contributed by atoms with Gasteiger partial charge in [-0.05, 0) is 41.7 Å². The molecule has 0 atom stereocenters. The largest absolute Gasteiger partial charge is 0.495 e. The summed E-state index contributed by atoms with van der Waals surface area (Å²) in [4.78, 5) is 0.127. The van der Waals surface area contributed by atoms with Crippen molar-refractivity contribution in [2.24, 2.45) is 0 Å². The Labute approximate surface area is 138 Å². The molecule has 0 bridgehead atoms. The number of para-hydroxylation sites is 1. The molecule has 0 fully saturated rings. The molecule has 0 aliphatic carbocycles. The second-order valence-corrected chi connectivity index (χ2v) is 8.19. The highest BCUT2D eigenvalue weighted by Crippen LogP contribution is 2.29. The van der Waals surface area contributed by atoms with E-state index < -0.39 is 10.0 Å². The second-order valence-electron chi connectivity index (χ2n) is 6.54. The smallest absolute Gasteiger partial charge is 0.265 e. The number of ether oxygens (including phenoxy) is 1. The van der Waals surface area contributed by atoms with Crippen molar-refractivity contribution in [2.45, 2.75) is 38.0 Å². The SMILES string of the molecule is COc1ccccc1S(=O)(=O)Nc1ccc(C(C)(C)C)cc1C. The number of anilines is 1. The van der Waals surface area contributed by atoms with Crippen LogP contribution >= 0.6 is 0 Å². The Morgan fingerprint density at radius 2 is 1.70 bits per heavy atom. The number of methoxy groups -OCH3 is 1. The van der Waals surface area contributed by atoms with Crippen LogP contribution in [0.5, 0.6) is 5.75 Å². The summed E-state index contributed by atoms with van der Waals surface area (Å²) in [5.74, 6) is 0.323. The minimum Gasteiger partial charge on any atom is -0.495 e. The number of nitrogens with one attached hydrogen (secondary N) is 1. The van der Waals surface area contributed by atoms with E-state index in [0.29, 0.717) is 11.4 Å². The van der Waals surface area contributed by atoms with E-state index in [0.717, 1.165) is 11.1 Å². The summed E-state index contributed by atoms with van der Waals surface area (Å²) < 4.78 is 33.0. The van der Waals surface area contributed by atoms with Gasteiger partial charge in [-0.2, -0.15) is 0 Å². The third kappa shape index (κ3) is 3.85. The zero-order valence-corrected chi connectivity index (χ0v) is 15.0. The molecule has 4 nitrogen and oxygen atoms in total. The first-order valence-corrected chi connectivity index (χ1v) is 8.90. The fraction of sp³-hybridized carbons (Fsp3) is 0.333. The quantitative estimate of drug-likeness (QED) is 0.916. The van der Waals surface area contributed by atoms with Crippen molar-refractivity contribution < 1.29 is 13.2 Å². The molecule has 0 saturated heterocycles. The summed E-state index contributed by atoms with van der Waals surface area (Å²) >= 11 is 0. The Bertz CT molecular complexity index is 805. The van der Waals surface area contributed by atoms with Gasteiger partial charge in [0.1, 0.15) is 10.6 Å². The average Bonchev–Trinajstić information content (AvgIpc) is 2.48. The summed E-state index contributed by atoms with van der Waals surface area (Å²) in [6.07, 6.45) is 0. The normalized spacial score (nSPS) is 12.0. The maximum absolute atomic E-state index is 12.6. The number of hydrogen-bond acceptors (Lipinski definition) is 3. The fourth-order valence-electron chi connectivity index (χ4n) is 2.29. The van der Waals surface area contributed by atoms with Gasteiger partial charge in [-0.3, -0.25) is 4.72 Å². The van der Waals surface area contributed by atoms with E-state index in [4.69, 9.17) is 4.74 Å². The van der Waals surface area contributed by atoms with Crippen molar-refractivity contribution in [3.63, 3.8) is 0 Å². The minimum atomic E-state index is -3.70. The van der Waals surface area contributed by atoms with E-state index in [-0.39, 0.29) is 10.3 Å². The number of hydrogen-bond donors (Lipinski definition) is 1. The zero-order valence-electron chi connectivity index (χ0n) is 14.2. The molecule has 0 unspecified atom stereocenters. The summed E-state index contributed by atoms with van der Waals surface area (Å²) in [6.45, 7) is 8.27. The van der Waals surface area contributed by atoms with Gasteiger partial charge < -0.3 is 4.74 Å². The van der Waals surface area contributed by atoms with E-state index in [1.54, 1.807) is 18.2 Å². The predicted molar refractivity (Wildman–Crippen MR) is 93.7 cm³/mol. The van der Waals surface area contributed by atoms with Crippen molar-refractivity contribution in [1.82, 2.24) is 0 Å². The summed E-state index contributed by atoms with van der Waals surface area (Å²) in [6, 6.07) is 12.3. The predicted octanol–water partition coefficient (Wildman–Crippen LogP) is 4.10. The van der Waals surface area contributed by atoms with Gasteiger partial charge in [-0.15, -0.1) is 0 Å². The maximum Gasteiger partial charge on any atom is 0.265 e. The first kappa shape index (κ1) is 17.3. The van der Waals surface area contributed by atoms with Crippen molar-refractivity contribution in [1.29, 1.82) is 0 Å². The van der Waals surface area contributed by atoms with Crippen LogP contribution in [0.4, 0.5) is 5.69 Å². The van der Waals surface area contributed by atoms with Crippen LogP contribution in [0.1, 0.15) is 31.9 Å². The Morgan fingerprint density at radius 1 is 1.04 bits per heavy atom. The van der Waals surface area contributed by atoms with E-state index in [9.17, 15) is 8.42 Å². The lowest BCUT2D eigenvalue weighted by Crippen LogP contribution is -2.16. The highest BCUT2D eigenvalue weighted by Gasteiger charge is 2.21. The Balaban J connectivity index is 2.38. The number of rotatable bonds is 4. The third-order valence-corrected chi connectivity index (χ3v) is 5.10. The molecule has 0 aliphatic rings. The summed E-state index contributed by atoms with van der Waals surface area (Å²) in [5, 5.41) is 0. The van der Waals surface area contributed by atoms with Crippen LogP contribution in [0.15, 0.2) is 47.4 Å². The van der Waals surface area contributed by atoms with Crippen LogP contribution in [0.2, 0.25) is 0 Å². The monoisotopic (exact) mass is 333 g/mol. The maximum atomic E-state index is 12.6. The van der Waals surface area contributed by atoms with Gasteiger partial charge in [0.2, 0.25) is 0 Å². The van der Waals surface area contributed by atoms with E-state index in [1.165, 1.54) is 13.2 Å². The molecule has 124 valence electrons. The van der Waals surface area contributed by atoms with Crippen molar-refractivity contribution >= 4 is 15.7 Å². The van der Waals surface area contributed by atoms with E-state index in [2.05, 4.69) is 25.5 Å². The molecule has 5 heteroatoms. The molecule has 2 aromatic rings. The Kier molecular flexibility index (Phi) is 4.71. The van der Waals surface area contributed by atoms with Crippen LogP contribution < -0.4 is 9.46 Å². The lowest BCUT2D eigenvalue weighted by molar-refractivity contribution is 0.403. The second kappa shape index (κ2) is 6.24. The topological polar surface area (TPSA) is 55.4 Å². The van der Waals surface area contributed by atoms with Crippen LogP contribution in [0.3, 0.4) is 0 Å². The lowest BCUT2D eigenvalue weighted by atomic mass is 9.86. The van der Waals surface area contributed by atoms with Crippen LogP contribution in [-0.2, 0) is 15.4 Å². The molecule has 23 heavy (non-hydrogen) atoms. The van der Waals surface area contributed by atoms with Crippen molar-refractivity contribution in [3.8, 4) is 5.75 Å². The number of sulfonamides is 1. The third-order valence-electron chi connectivity index (χ3n) is 3.70. The van der Waals surface area contributed by atoms with E-state index in [1.807, 2.05) is 25.1 Å². The standard InChI is InChI=1S/C18H23NO3S/c1-13-12-14(18(2,3)4)10-11-15(13)19-23(20,21)17-9-7-6-8-16(17)22-5/h6-12,19H,1-5H3. The highest BCUT2D eigenvalue weighted by atomic mass is 32.2. The van der Waals surface area contributed by atoms with Gasteiger partial charge in [0.25, 0.3) is 10.0 Å². The molecule has 1 N–H and O–H groups in total. The van der Waals surface area contributed by atoms with Crippen LogP contribution in [-0.4, -0.2) is 15.5 Å². The molecule has 2 aromatic carbocycles. The molecule has 2 rings (SSSR count). The Morgan fingerprint density at radius 3 is 2.26 bits per heavy atom. The summed E-state index contributed by atoms with van der Waals surface area (Å²) in [5.41, 5.74) is 2.64. The fourth-order valence-corrected chi connectivity index (χ4v) is 3.59. The molecule has 0 saturated carbocycles. The zero-order chi connectivity index (χ0) is 17.3. The summed E-state index contributed by atoms with van der Waals surface area (Å²) in [7, 11) is -2.25. The molecule has 0 spiro atoms. The molecular weight excluding hydrogens is 310 g/mol. The molecule has 0 heterocycles. The van der Waals surface area contributed by atoms with Gasteiger partial charge in [0.05, 0.1) is 12.8 Å². The molecule has 0 aromatic heterocycles. The van der Waals surface area contributed by atoms with Gasteiger partial charge >= 0.3 is 0 Å². The molecule has 0 radical (unpaired) electrons. The first-order valence-electron chi connectivity index (χ1n) is 7.42. The average molecular weight is 333 g/mol.